The Morgan fingerprint density at radius 1 is 1.10 bits per heavy atom. The summed E-state index contributed by atoms with van der Waals surface area (Å²) < 4.78 is 12.7. The van der Waals surface area contributed by atoms with Crippen LogP contribution in [0.3, 0.4) is 0 Å². The molecular formula is C24H20BrClN2O3. The van der Waals surface area contributed by atoms with E-state index < -0.39 is 5.60 Å². The van der Waals surface area contributed by atoms with Crippen molar-refractivity contribution in [3.05, 3.63) is 87.7 Å². The van der Waals surface area contributed by atoms with E-state index in [0.29, 0.717) is 39.9 Å². The number of nitrogens with zero attached hydrogens (tertiary/aromatic N) is 1. The highest BCUT2D eigenvalue weighted by Gasteiger charge is 2.30. The maximum atomic E-state index is 12.8. The van der Waals surface area contributed by atoms with Crippen LogP contribution in [0.15, 0.2) is 75.6 Å². The van der Waals surface area contributed by atoms with E-state index in [0.717, 1.165) is 10.0 Å². The number of carbonyl (C=O) groups excluding carboxylic acids is 1. The first-order valence-electron chi connectivity index (χ1n) is 9.68. The molecular weight excluding hydrogens is 480 g/mol. The lowest BCUT2D eigenvalue weighted by molar-refractivity contribution is -0.128. The molecule has 0 spiro atoms. The molecule has 0 unspecified atom stereocenters. The van der Waals surface area contributed by atoms with Gasteiger partial charge < -0.3 is 14.5 Å². The second-order valence-electron chi connectivity index (χ2n) is 7.61. The lowest BCUT2D eigenvalue weighted by Crippen LogP contribution is -2.42. The fraction of sp³-hybridized carbons (Fsp3) is 0.167. The molecule has 0 atom stereocenters. The molecule has 5 nitrogen and oxygen atoms in total. The number of anilines is 1. The maximum Gasteiger partial charge on any atom is 0.267 e. The van der Waals surface area contributed by atoms with Gasteiger partial charge in [-0.25, -0.2) is 4.98 Å². The van der Waals surface area contributed by atoms with Crippen LogP contribution in [0.5, 0.6) is 5.75 Å². The minimum absolute atomic E-state index is 0.264. The summed E-state index contributed by atoms with van der Waals surface area (Å²) in [5, 5.41) is 3.59. The smallest absolute Gasteiger partial charge is 0.267 e. The average Bonchev–Trinajstić information content (AvgIpc) is 3.13. The van der Waals surface area contributed by atoms with Gasteiger partial charge in [0.05, 0.1) is 0 Å². The van der Waals surface area contributed by atoms with E-state index >= 15 is 0 Å². The van der Waals surface area contributed by atoms with Crippen molar-refractivity contribution >= 4 is 50.2 Å². The van der Waals surface area contributed by atoms with Gasteiger partial charge in [0, 0.05) is 21.6 Å². The van der Waals surface area contributed by atoms with Gasteiger partial charge >= 0.3 is 0 Å². The molecule has 1 aromatic heterocycles. The molecule has 158 valence electrons. The molecule has 0 bridgehead atoms. The summed E-state index contributed by atoms with van der Waals surface area (Å²) in [5.41, 5.74) is 1.94. The minimum Gasteiger partial charge on any atom is -0.478 e. The molecule has 0 saturated heterocycles. The van der Waals surface area contributed by atoms with Gasteiger partial charge in [-0.15, -0.1) is 0 Å². The van der Waals surface area contributed by atoms with Crippen LogP contribution in [0.4, 0.5) is 5.69 Å². The molecule has 1 amide bonds. The molecule has 4 aromatic rings. The molecule has 0 aliphatic rings. The van der Waals surface area contributed by atoms with Crippen LogP contribution in [0, 0.1) is 0 Å². The standard InChI is InChI=1S/C24H20BrClN2O3/c1-24(2,31-19-10-5-16(25)6-11-19)23(29)27-18-9-12-21-20(14-18)28-22(30-21)13-15-3-7-17(26)8-4-15/h3-12,14H,13H2,1-2H3,(H,27,29). The molecule has 1 N–H and O–H groups in total. The number of hydrogen-bond donors (Lipinski definition) is 1. The summed E-state index contributed by atoms with van der Waals surface area (Å²) in [4.78, 5) is 17.4. The summed E-state index contributed by atoms with van der Waals surface area (Å²) >= 11 is 9.32. The molecule has 3 aromatic carbocycles. The molecule has 4 rings (SSSR count). The van der Waals surface area contributed by atoms with Crippen molar-refractivity contribution in [2.24, 2.45) is 0 Å². The zero-order chi connectivity index (χ0) is 22.0. The van der Waals surface area contributed by atoms with E-state index in [1.807, 2.05) is 48.5 Å². The third-order valence-electron chi connectivity index (χ3n) is 4.69. The number of fused-ring (bicyclic) bond motifs is 1. The SMILES string of the molecule is CC(C)(Oc1ccc(Br)cc1)C(=O)Nc1ccc2oc(Cc3ccc(Cl)cc3)nc2c1. The Labute approximate surface area is 193 Å². The third kappa shape index (κ3) is 5.27. The second kappa shape index (κ2) is 8.73. The first kappa shape index (κ1) is 21.4. The van der Waals surface area contributed by atoms with Crippen LogP contribution in [0.25, 0.3) is 11.1 Å². The van der Waals surface area contributed by atoms with E-state index in [4.69, 9.17) is 20.8 Å². The zero-order valence-electron chi connectivity index (χ0n) is 17.0. The van der Waals surface area contributed by atoms with Gasteiger partial charge in [-0.1, -0.05) is 39.7 Å². The van der Waals surface area contributed by atoms with E-state index in [2.05, 4.69) is 26.2 Å². The highest BCUT2D eigenvalue weighted by atomic mass is 79.9. The number of rotatable bonds is 6. The van der Waals surface area contributed by atoms with Gasteiger partial charge in [0.2, 0.25) is 0 Å². The molecule has 0 aliphatic carbocycles. The normalized spacial score (nSPS) is 11.5. The Morgan fingerprint density at radius 2 is 1.81 bits per heavy atom. The number of aromatic nitrogens is 1. The van der Waals surface area contributed by atoms with Crippen LogP contribution in [0.1, 0.15) is 25.3 Å². The molecule has 0 saturated carbocycles. The summed E-state index contributed by atoms with van der Waals surface area (Å²) in [5.74, 6) is 0.946. The number of halogens is 2. The summed E-state index contributed by atoms with van der Waals surface area (Å²) in [6.45, 7) is 3.45. The average molecular weight is 500 g/mol. The Morgan fingerprint density at radius 3 is 2.52 bits per heavy atom. The zero-order valence-corrected chi connectivity index (χ0v) is 19.3. The monoisotopic (exact) mass is 498 g/mol. The quantitative estimate of drug-likeness (QED) is 0.323. The first-order valence-corrected chi connectivity index (χ1v) is 10.9. The second-order valence-corrected chi connectivity index (χ2v) is 8.97. The third-order valence-corrected chi connectivity index (χ3v) is 5.47. The van der Waals surface area contributed by atoms with Gasteiger partial charge in [0.25, 0.3) is 5.91 Å². The van der Waals surface area contributed by atoms with Gasteiger partial charge in [-0.3, -0.25) is 4.79 Å². The van der Waals surface area contributed by atoms with E-state index in [1.165, 1.54) is 0 Å². The predicted molar refractivity (Wildman–Crippen MR) is 126 cm³/mol. The fourth-order valence-electron chi connectivity index (χ4n) is 3.03. The van der Waals surface area contributed by atoms with Gasteiger partial charge in [0.1, 0.15) is 11.3 Å². The minimum atomic E-state index is -1.06. The van der Waals surface area contributed by atoms with Crippen LogP contribution < -0.4 is 10.1 Å². The molecule has 0 fully saturated rings. The van der Waals surface area contributed by atoms with Crippen molar-refractivity contribution in [3.63, 3.8) is 0 Å². The maximum absolute atomic E-state index is 12.8. The number of ether oxygens (including phenoxy) is 1. The van der Waals surface area contributed by atoms with E-state index in [9.17, 15) is 4.79 Å². The van der Waals surface area contributed by atoms with Crippen molar-refractivity contribution in [2.75, 3.05) is 5.32 Å². The molecule has 7 heteroatoms. The van der Waals surface area contributed by atoms with Crippen molar-refractivity contribution < 1.29 is 13.9 Å². The largest absolute Gasteiger partial charge is 0.478 e. The Kier molecular flexibility index (Phi) is 6.03. The van der Waals surface area contributed by atoms with Gasteiger partial charge in [0.15, 0.2) is 17.1 Å². The summed E-state index contributed by atoms with van der Waals surface area (Å²) in [7, 11) is 0. The lowest BCUT2D eigenvalue weighted by atomic mass is 10.1. The highest BCUT2D eigenvalue weighted by Crippen LogP contribution is 2.25. The number of benzene rings is 3. The first-order chi connectivity index (χ1) is 14.8. The van der Waals surface area contributed by atoms with Crippen LogP contribution in [-0.4, -0.2) is 16.5 Å². The molecule has 1 heterocycles. The number of oxazole rings is 1. The van der Waals surface area contributed by atoms with Crippen molar-refractivity contribution in [2.45, 2.75) is 25.9 Å². The lowest BCUT2D eigenvalue weighted by Gasteiger charge is -2.25. The fourth-order valence-corrected chi connectivity index (χ4v) is 3.42. The van der Waals surface area contributed by atoms with Gasteiger partial charge in [-0.2, -0.15) is 0 Å². The van der Waals surface area contributed by atoms with Crippen molar-refractivity contribution in [1.29, 1.82) is 0 Å². The van der Waals surface area contributed by atoms with Crippen molar-refractivity contribution in [1.82, 2.24) is 4.98 Å². The Hall–Kier alpha value is -2.83. The van der Waals surface area contributed by atoms with Crippen LogP contribution in [0.2, 0.25) is 5.02 Å². The van der Waals surface area contributed by atoms with Crippen LogP contribution in [-0.2, 0) is 11.2 Å². The van der Waals surface area contributed by atoms with Crippen molar-refractivity contribution in [3.8, 4) is 5.75 Å². The summed E-state index contributed by atoms with van der Waals surface area (Å²) in [6, 6.07) is 20.3. The van der Waals surface area contributed by atoms with E-state index in [1.54, 1.807) is 32.0 Å². The predicted octanol–water partition coefficient (Wildman–Crippen LogP) is 6.63. The number of amides is 1. The Balaban J connectivity index is 1.46. The number of nitrogens with one attached hydrogen (secondary N) is 1. The Bertz CT molecular complexity index is 1220. The van der Waals surface area contributed by atoms with Gasteiger partial charge in [-0.05, 0) is 74.0 Å². The molecule has 0 radical (unpaired) electrons. The number of carbonyl (C=O) groups is 1. The molecule has 31 heavy (non-hydrogen) atoms. The topological polar surface area (TPSA) is 64.4 Å². The van der Waals surface area contributed by atoms with Crippen LogP contribution >= 0.6 is 27.5 Å². The highest BCUT2D eigenvalue weighted by molar-refractivity contribution is 9.10. The number of hydrogen-bond acceptors (Lipinski definition) is 4. The van der Waals surface area contributed by atoms with E-state index in [-0.39, 0.29) is 5.91 Å². The summed E-state index contributed by atoms with van der Waals surface area (Å²) in [6.07, 6.45) is 0.557. The molecule has 0 aliphatic heterocycles.